The van der Waals surface area contributed by atoms with Gasteiger partial charge >= 0.3 is 0 Å². The summed E-state index contributed by atoms with van der Waals surface area (Å²) >= 11 is 0. The highest BCUT2D eigenvalue weighted by Gasteiger charge is 2.07. The molecule has 1 aromatic carbocycles. The first-order chi connectivity index (χ1) is 10.3. The van der Waals surface area contributed by atoms with Crippen LogP contribution in [-0.4, -0.2) is 31.5 Å². The van der Waals surface area contributed by atoms with Crippen LogP contribution in [0.25, 0.3) is 11.3 Å². The van der Waals surface area contributed by atoms with Gasteiger partial charge in [-0.25, -0.2) is 4.98 Å². The fourth-order valence-corrected chi connectivity index (χ4v) is 2.22. The summed E-state index contributed by atoms with van der Waals surface area (Å²) in [5, 5.41) is 14.9. The summed E-state index contributed by atoms with van der Waals surface area (Å²) in [4.78, 5) is 4.21. The molecule has 0 atom stereocenters. The number of aromatic amines is 1. The second-order valence-electron chi connectivity index (χ2n) is 4.90. The van der Waals surface area contributed by atoms with Gasteiger partial charge in [-0.3, -0.25) is 9.78 Å². The van der Waals surface area contributed by atoms with Gasteiger partial charge in [-0.1, -0.05) is 30.3 Å². The first-order valence-electron chi connectivity index (χ1n) is 6.96. The lowest BCUT2D eigenvalue weighted by molar-refractivity contribution is 0.662. The van der Waals surface area contributed by atoms with Gasteiger partial charge in [-0.15, -0.1) is 0 Å². The first kappa shape index (κ1) is 13.5. The monoisotopic (exact) mass is 282 g/mol. The summed E-state index contributed by atoms with van der Waals surface area (Å²) in [7, 11) is 1.88. The maximum Gasteiger partial charge on any atom is 0.151 e. The Morgan fingerprint density at radius 3 is 2.86 bits per heavy atom. The van der Waals surface area contributed by atoms with Crippen molar-refractivity contribution < 1.29 is 0 Å². The van der Waals surface area contributed by atoms with Crippen molar-refractivity contribution in [2.45, 2.75) is 13.0 Å². The fraction of sp³-hybridized carbons (Fsp3) is 0.267. The van der Waals surface area contributed by atoms with Crippen LogP contribution in [0.15, 0.2) is 42.9 Å². The zero-order valence-corrected chi connectivity index (χ0v) is 12.0. The fourth-order valence-electron chi connectivity index (χ4n) is 2.22. The first-order valence-corrected chi connectivity index (χ1v) is 6.96. The van der Waals surface area contributed by atoms with Crippen LogP contribution in [0.3, 0.4) is 0 Å². The number of nitrogens with one attached hydrogen (secondary N) is 2. The number of rotatable bonds is 6. The summed E-state index contributed by atoms with van der Waals surface area (Å²) in [5.74, 6) is 0.862. The number of hydrogen-bond donors (Lipinski definition) is 2. The van der Waals surface area contributed by atoms with Crippen molar-refractivity contribution in [1.29, 1.82) is 0 Å². The Bertz CT molecular complexity index is 685. The lowest BCUT2D eigenvalue weighted by Gasteiger charge is -2.04. The number of aryl methyl sites for hydroxylation is 1. The molecular formula is C15H18N6. The van der Waals surface area contributed by atoms with Crippen molar-refractivity contribution >= 4 is 0 Å². The molecule has 0 aliphatic carbocycles. The van der Waals surface area contributed by atoms with Gasteiger partial charge in [0.15, 0.2) is 5.82 Å². The number of nitrogens with zero attached hydrogens (tertiary/aromatic N) is 4. The van der Waals surface area contributed by atoms with Gasteiger partial charge in [0.25, 0.3) is 0 Å². The van der Waals surface area contributed by atoms with Gasteiger partial charge in [0.1, 0.15) is 6.33 Å². The Labute approximate surface area is 123 Å². The van der Waals surface area contributed by atoms with E-state index < -0.39 is 0 Å². The predicted molar refractivity (Wildman–Crippen MR) is 80.4 cm³/mol. The highest BCUT2D eigenvalue weighted by Crippen LogP contribution is 2.20. The molecule has 0 aliphatic rings. The van der Waals surface area contributed by atoms with Gasteiger partial charge < -0.3 is 5.32 Å². The van der Waals surface area contributed by atoms with Gasteiger partial charge in [0, 0.05) is 32.1 Å². The highest BCUT2D eigenvalue weighted by atomic mass is 15.3. The van der Waals surface area contributed by atoms with Crippen LogP contribution >= 0.6 is 0 Å². The van der Waals surface area contributed by atoms with Crippen molar-refractivity contribution in [3.63, 3.8) is 0 Å². The highest BCUT2D eigenvalue weighted by molar-refractivity contribution is 5.62. The van der Waals surface area contributed by atoms with Crippen LogP contribution in [0.5, 0.6) is 0 Å². The lowest BCUT2D eigenvalue weighted by atomic mass is 10.1. The molecule has 21 heavy (non-hydrogen) atoms. The third-order valence-electron chi connectivity index (χ3n) is 3.27. The number of benzene rings is 1. The van der Waals surface area contributed by atoms with Crippen LogP contribution in [-0.2, 0) is 20.0 Å². The largest absolute Gasteiger partial charge is 0.312 e. The van der Waals surface area contributed by atoms with E-state index in [0.717, 1.165) is 42.2 Å². The molecular weight excluding hydrogens is 264 g/mol. The number of aromatic nitrogens is 5. The lowest BCUT2D eigenvalue weighted by Crippen LogP contribution is -2.17. The molecule has 0 aliphatic heterocycles. The average molecular weight is 282 g/mol. The second kappa shape index (κ2) is 6.32. The SMILES string of the molecule is Cn1cnc(CCNCc2cn[nH]c2-c2ccccc2)n1. The van der Waals surface area contributed by atoms with E-state index in [1.54, 1.807) is 11.0 Å². The molecule has 0 unspecified atom stereocenters. The van der Waals surface area contributed by atoms with Gasteiger partial charge in [0.05, 0.1) is 11.9 Å². The Balaban J connectivity index is 1.55. The summed E-state index contributed by atoms with van der Waals surface area (Å²) in [6.07, 6.45) is 4.41. The Morgan fingerprint density at radius 1 is 1.24 bits per heavy atom. The third-order valence-corrected chi connectivity index (χ3v) is 3.27. The van der Waals surface area contributed by atoms with E-state index in [2.05, 4.69) is 37.7 Å². The van der Waals surface area contributed by atoms with E-state index in [1.165, 1.54) is 0 Å². The molecule has 2 aromatic heterocycles. The van der Waals surface area contributed by atoms with E-state index in [4.69, 9.17) is 0 Å². The summed E-state index contributed by atoms with van der Waals surface area (Å²) < 4.78 is 1.72. The second-order valence-corrected chi connectivity index (χ2v) is 4.90. The topological polar surface area (TPSA) is 71.4 Å². The van der Waals surface area contributed by atoms with Crippen molar-refractivity contribution in [3.05, 3.63) is 54.2 Å². The molecule has 0 radical (unpaired) electrons. The molecule has 108 valence electrons. The maximum absolute atomic E-state index is 4.26. The smallest absolute Gasteiger partial charge is 0.151 e. The normalized spacial score (nSPS) is 10.9. The molecule has 0 saturated carbocycles. The standard InChI is InChI=1S/C15H18N6/c1-21-11-17-14(20-21)7-8-16-9-13-10-18-19-15(13)12-5-3-2-4-6-12/h2-6,10-11,16H,7-9H2,1H3,(H,18,19). The Kier molecular flexibility index (Phi) is 4.07. The van der Waals surface area contributed by atoms with Crippen LogP contribution in [0.2, 0.25) is 0 Å². The minimum Gasteiger partial charge on any atom is -0.312 e. The van der Waals surface area contributed by atoms with Crippen molar-refractivity contribution in [1.82, 2.24) is 30.3 Å². The molecule has 3 rings (SSSR count). The van der Waals surface area contributed by atoms with Gasteiger partial charge in [-0.2, -0.15) is 10.2 Å². The van der Waals surface area contributed by atoms with E-state index >= 15 is 0 Å². The third kappa shape index (κ3) is 3.35. The van der Waals surface area contributed by atoms with Gasteiger partial charge in [0.2, 0.25) is 0 Å². The molecule has 0 saturated heterocycles. The molecule has 6 heteroatoms. The summed E-state index contributed by atoms with van der Waals surface area (Å²) in [6, 6.07) is 10.2. The van der Waals surface area contributed by atoms with Crippen LogP contribution in [0.4, 0.5) is 0 Å². The van der Waals surface area contributed by atoms with E-state index in [1.807, 2.05) is 31.4 Å². The average Bonchev–Trinajstić information content (AvgIpc) is 3.13. The summed E-state index contributed by atoms with van der Waals surface area (Å²) in [6.45, 7) is 1.61. The molecule has 0 fully saturated rings. The Morgan fingerprint density at radius 2 is 2.10 bits per heavy atom. The van der Waals surface area contributed by atoms with Crippen molar-refractivity contribution in [3.8, 4) is 11.3 Å². The molecule has 0 spiro atoms. The van der Waals surface area contributed by atoms with Crippen molar-refractivity contribution in [2.24, 2.45) is 7.05 Å². The van der Waals surface area contributed by atoms with E-state index in [9.17, 15) is 0 Å². The Hall–Kier alpha value is -2.47. The van der Waals surface area contributed by atoms with E-state index in [-0.39, 0.29) is 0 Å². The minimum atomic E-state index is 0.771. The molecule has 3 aromatic rings. The zero-order valence-electron chi connectivity index (χ0n) is 12.0. The number of H-pyrrole nitrogens is 1. The summed E-state index contributed by atoms with van der Waals surface area (Å²) in [5.41, 5.74) is 3.38. The maximum atomic E-state index is 4.26. The molecule has 0 amide bonds. The van der Waals surface area contributed by atoms with Crippen molar-refractivity contribution in [2.75, 3.05) is 6.54 Å². The van der Waals surface area contributed by atoms with Crippen LogP contribution in [0, 0.1) is 0 Å². The van der Waals surface area contributed by atoms with Gasteiger partial charge in [-0.05, 0) is 5.56 Å². The predicted octanol–water partition coefficient (Wildman–Crippen LogP) is 1.54. The minimum absolute atomic E-state index is 0.771. The zero-order chi connectivity index (χ0) is 14.5. The molecule has 2 N–H and O–H groups in total. The molecule has 6 nitrogen and oxygen atoms in total. The quantitative estimate of drug-likeness (QED) is 0.673. The van der Waals surface area contributed by atoms with E-state index in [0.29, 0.717) is 0 Å². The van der Waals surface area contributed by atoms with Crippen LogP contribution < -0.4 is 5.32 Å². The molecule has 2 heterocycles. The molecule has 0 bridgehead atoms. The van der Waals surface area contributed by atoms with Crippen LogP contribution in [0.1, 0.15) is 11.4 Å². The number of hydrogen-bond acceptors (Lipinski definition) is 4.